The van der Waals surface area contributed by atoms with Gasteiger partial charge in [0.1, 0.15) is 5.82 Å². The van der Waals surface area contributed by atoms with Crippen molar-refractivity contribution in [3.8, 4) is 17.3 Å². The number of nitrogens with two attached hydrogens (primary N) is 1. The molecule has 1 saturated carbocycles. The lowest BCUT2D eigenvalue weighted by Crippen LogP contribution is -2.27. The molecule has 0 unspecified atom stereocenters. The Morgan fingerprint density at radius 3 is 2.60 bits per heavy atom. The number of benzene rings is 1. The molecule has 1 aliphatic rings. The van der Waals surface area contributed by atoms with E-state index in [2.05, 4.69) is 10.3 Å². The van der Waals surface area contributed by atoms with Crippen LogP contribution in [0.5, 0.6) is 0 Å². The third kappa shape index (κ3) is 4.97. The van der Waals surface area contributed by atoms with E-state index in [4.69, 9.17) is 5.73 Å². The van der Waals surface area contributed by atoms with Gasteiger partial charge in [-0.1, -0.05) is 0 Å². The van der Waals surface area contributed by atoms with Crippen molar-refractivity contribution in [3.63, 3.8) is 0 Å². The largest absolute Gasteiger partial charge is 0.370 e. The number of primary amides is 1. The zero-order chi connectivity index (χ0) is 21.8. The average molecular weight is 407 g/mol. The summed E-state index contributed by atoms with van der Waals surface area (Å²) in [5.74, 6) is -0.727. The van der Waals surface area contributed by atoms with Crippen LogP contribution in [0.25, 0.3) is 11.3 Å². The highest BCUT2D eigenvalue weighted by Gasteiger charge is 2.30. The van der Waals surface area contributed by atoms with E-state index < -0.39 is 11.5 Å². The molecule has 0 radical (unpaired) electrons. The van der Waals surface area contributed by atoms with Crippen LogP contribution >= 0.6 is 0 Å². The predicted molar refractivity (Wildman–Crippen MR) is 108 cm³/mol. The van der Waals surface area contributed by atoms with E-state index in [0.717, 1.165) is 12.8 Å². The Morgan fingerprint density at radius 2 is 2.00 bits per heavy atom. The molecule has 1 aliphatic carbocycles. The van der Waals surface area contributed by atoms with E-state index in [-0.39, 0.29) is 37.0 Å². The molecule has 3 rings (SSSR count). The summed E-state index contributed by atoms with van der Waals surface area (Å²) in [5, 5.41) is 12.0. The smallest absolute Gasteiger partial charge is 0.254 e. The molecule has 1 aromatic heterocycles. The molecule has 0 spiro atoms. The fourth-order valence-corrected chi connectivity index (χ4v) is 2.99. The van der Waals surface area contributed by atoms with Crippen molar-refractivity contribution >= 4 is 23.3 Å². The van der Waals surface area contributed by atoms with E-state index in [0.29, 0.717) is 28.3 Å². The maximum absolute atomic E-state index is 12.6. The normalized spacial score (nSPS) is 12.8. The molecular formula is C21H21N5O4. The number of amides is 2. The maximum atomic E-state index is 12.6. The highest BCUT2D eigenvalue weighted by molar-refractivity contribution is 5.97. The lowest BCUT2D eigenvalue weighted by molar-refractivity contribution is -0.124. The number of rotatable bonds is 8. The molecule has 9 nitrogen and oxygen atoms in total. The summed E-state index contributed by atoms with van der Waals surface area (Å²) in [6.07, 6.45) is 1.54. The first-order valence-electron chi connectivity index (χ1n) is 9.52. The summed E-state index contributed by atoms with van der Waals surface area (Å²) in [6, 6.07) is 8.07. The van der Waals surface area contributed by atoms with Crippen molar-refractivity contribution in [2.24, 2.45) is 11.7 Å². The topological polar surface area (TPSA) is 148 Å². The van der Waals surface area contributed by atoms with Crippen molar-refractivity contribution in [2.45, 2.75) is 39.2 Å². The van der Waals surface area contributed by atoms with Gasteiger partial charge in [0, 0.05) is 30.4 Å². The third-order valence-electron chi connectivity index (χ3n) is 4.81. The van der Waals surface area contributed by atoms with Gasteiger partial charge in [-0.25, -0.2) is 4.98 Å². The number of nitrogens with one attached hydrogen (secondary N) is 1. The Morgan fingerprint density at radius 1 is 1.27 bits per heavy atom. The highest BCUT2D eigenvalue weighted by atomic mass is 16.2. The van der Waals surface area contributed by atoms with Gasteiger partial charge in [0.2, 0.25) is 11.8 Å². The number of hydrogen-bond donors (Lipinski definition) is 2. The van der Waals surface area contributed by atoms with Crippen LogP contribution in [0.15, 0.2) is 29.1 Å². The van der Waals surface area contributed by atoms with Crippen LogP contribution in [0.4, 0.5) is 5.69 Å². The van der Waals surface area contributed by atoms with E-state index in [9.17, 15) is 24.4 Å². The van der Waals surface area contributed by atoms with Crippen LogP contribution < -0.4 is 16.6 Å². The minimum absolute atomic E-state index is 0.0299. The number of nitriles is 1. The van der Waals surface area contributed by atoms with E-state index in [1.807, 2.05) is 6.07 Å². The molecule has 1 aromatic carbocycles. The van der Waals surface area contributed by atoms with Gasteiger partial charge >= 0.3 is 0 Å². The fraction of sp³-hybridized carbons (Fsp3) is 0.333. The molecule has 2 aromatic rings. The van der Waals surface area contributed by atoms with Crippen molar-refractivity contribution in [1.82, 2.24) is 9.55 Å². The van der Waals surface area contributed by atoms with Crippen molar-refractivity contribution < 1.29 is 14.4 Å². The van der Waals surface area contributed by atoms with Gasteiger partial charge in [-0.2, -0.15) is 5.26 Å². The molecule has 1 heterocycles. The van der Waals surface area contributed by atoms with Crippen LogP contribution in [-0.2, 0) is 20.9 Å². The van der Waals surface area contributed by atoms with Crippen molar-refractivity contribution in [3.05, 3.63) is 46.0 Å². The molecule has 0 atom stereocenters. The second-order valence-electron chi connectivity index (χ2n) is 7.25. The number of aryl methyl sites for hydroxylation is 1. The third-order valence-corrected chi connectivity index (χ3v) is 4.81. The highest BCUT2D eigenvalue weighted by Crippen LogP contribution is 2.33. The fourth-order valence-electron chi connectivity index (χ4n) is 2.99. The molecule has 2 amide bonds. The lowest BCUT2D eigenvalue weighted by Gasteiger charge is -2.14. The standard InChI is InChI=1S/C21H21N5O4/c1-12-24-18(9-20(29)26(12)11-15(27)5-7-19(23)28)16-6-2-13(10-22)8-17(16)25-21(30)14-3-4-14/h2,6,8-9,14H,3-5,7,11H2,1H3,(H2,23,28)(H,25,30). The lowest BCUT2D eigenvalue weighted by atomic mass is 10.1. The minimum Gasteiger partial charge on any atom is -0.370 e. The Labute approximate surface area is 172 Å². The summed E-state index contributed by atoms with van der Waals surface area (Å²) in [4.78, 5) is 52.1. The molecule has 30 heavy (non-hydrogen) atoms. The quantitative estimate of drug-likeness (QED) is 0.673. The molecule has 0 aliphatic heterocycles. The minimum atomic E-state index is -0.581. The Hall–Kier alpha value is -3.80. The number of anilines is 1. The van der Waals surface area contributed by atoms with Gasteiger partial charge < -0.3 is 11.1 Å². The Kier molecular flexibility index (Phi) is 6.06. The monoisotopic (exact) mass is 407 g/mol. The van der Waals surface area contributed by atoms with Crippen LogP contribution in [-0.4, -0.2) is 27.1 Å². The van der Waals surface area contributed by atoms with Crippen molar-refractivity contribution in [2.75, 3.05) is 5.32 Å². The number of hydrogen-bond acceptors (Lipinski definition) is 6. The Balaban J connectivity index is 1.91. The van der Waals surface area contributed by atoms with Gasteiger partial charge in [0.05, 0.1) is 29.6 Å². The zero-order valence-corrected chi connectivity index (χ0v) is 16.5. The second kappa shape index (κ2) is 8.69. The van der Waals surface area contributed by atoms with Crippen LogP contribution in [0.2, 0.25) is 0 Å². The average Bonchev–Trinajstić information content (AvgIpc) is 3.54. The summed E-state index contributed by atoms with van der Waals surface area (Å²) in [7, 11) is 0. The van der Waals surface area contributed by atoms with Gasteiger partial charge in [-0.3, -0.25) is 23.7 Å². The summed E-state index contributed by atoms with van der Waals surface area (Å²) >= 11 is 0. The predicted octanol–water partition coefficient (Wildman–Crippen LogP) is 1.27. The number of Topliss-reactive ketones (excluding diaryl/α,β-unsaturated/α-hetero) is 1. The first-order valence-corrected chi connectivity index (χ1v) is 9.52. The van der Waals surface area contributed by atoms with Crippen LogP contribution in [0.3, 0.4) is 0 Å². The van der Waals surface area contributed by atoms with Gasteiger partial charge in [-0.15, -0.1) is 0 Å². The molecule has 9 heteroatoms. The zero-order valence-electron chi connectivity index (χ0n) is 16.5. The number of nitrogens with zero attached hydrogens (tertiary/aromatic N) is 3. The molecular weight excluding hydrogens is 386 g/mol. The van der Waals surface area contributed by atoms with Crippen molar-refractivity contribution in [1.29, 1.82) is 5.26 Å². The SMILES string of the molecule is Cc1nc(-c2ccc(C#N)cc2NC(=O)C2CC2)cc(=O)n1CC(=O)CCC(N)=O. The first kappa shape index (κ1) is 20.9. The number of carbonyl (C=O) groups excluding carboxylic acids is 3. The van der Waals surface area contributed by atoms with Crippen LogP contribution in [0, 0.1) is 24.2 Å². The maximum Gasteiger partial charge on any atom is 0.254 e. The van der Waals surface area contributed by atoms with Crippen LogP contribution in [0.1, 0.15) is 37.1 Å². The summed E-state index contributed by atoms with van der Waals surface area (Å²) in [5.41, 5.74) is 6.23. The van der Waals surface area contributed by atoms with E-state index >= 15 is 0 Å². The molecule has 0 bridgehead atoms. The van der Waals surface area contributed by atoms with Gasteiger partial charge in [-0.05, 0) is 38.0 Å². The molecule has 1 fully saturated rings. The first-order chi connectivity index (χ1) is 14.3. The Bertz CT molecular complexity index is 1130. The van der Waals surface area contributed by atoms with E-state index in [1.165, 1.54) is 10.6 Å². The van der Waals surface area contributed by atoms with Gasteiger partial charge in [0.25, 0.3) is 5.56 Å². The second-order valence-corrected chi connectivity index (χ2v) is 7.25. The summed E-state index contributed by atoms with van der Waals surface area (Å²) < 4.78 is 1.22. The molecule has 0 saturated heterocycles. The number of ketones is 1. The van der Waals surface area contributed by atoms with Gasteiger partial charge in [0.15, 0.2) is 5.78 Å². The molecule has 3 N–H and O–H groups in total. The molecule has 154 valence electrons. The number of carbonyl (C=O) groups is 3. The summed E-state index contributed by atoms with van der Waals surface area (Å²) in [6.45, 7) is 1.39. The van der Waals surface area contributed by atoms with E-state index in [1.54, 1.807) is 25.1 Å². The number of aromatic nitrogens is 2.